The van der Waals surface area contributed by atoms with E-state index in [-0.39, 0.29) is 6.10 Å². The second-order valence-electron chi connectivity index (χ2n) is 5.37. The van der Waals surface area contributed by atoms with Gasteiger partial charge in [-0.25, -0.2) is 0 Å². The average molecular weight is 252 g/mol. The number of hydrogen-bond donors (Lipinski definition) is 1. The molecule has 1 fully saturated rings. The maximum atomic E-state index is 10.0. The van der Waals surface area contributed by atoms with Gasteiger partial charge in [-0.1, -0.05) is 0 Å². The minimum atomic E-state index is -0.183. The number of aliphatic hydroxyl groups is 1. The van der Waals surface area contributed by atoms with Crippen LogP contribution in [0.1, 0.15) is 38.2 Å². The van der Waals surface area contributed by atoms with E-state index in [1.165, 1.54) is 5.56 Å². The van der Waals surface area contributed by atoms with Crippen LogP contribution in [0.25, 0.3) is 0 Å². The highest BCUT2D eigenvalue weighted by atomic mass is 16.5. The smallest absolute Gasteiger partial charge is 0.0580 e. The number of hydrogen-bond acceptors (Lipinski definition) is 3. The average Bonchev–Trinajstić information content (AvgIpc) is 2.70. The number of aromatic nitrogens is 2. The molecular formula is C14H24N2O2. The number of ether oxygens (including phenoxy) is 1. The van der Waals surface area contributed by atoms with Crippen molar-refractivity contribution in [2.75, 3.05) is 6.61 Å². The SMILES string of the molecule is CCOC1CC(CC(O)CCc2cnn(C)c2)C1. The highest BCUT2D eigenvalue weighted by molar-refractivity contribution is 5.03. The van der Waals surface area contributed by atoms with Gasteiger partial charge < -0.3 is 9.84 Å². The summed E-state index contributed by atoms with van der Waals surface area (Å²) in [6.45, 7) is 2.84. The second kappa shape index (κ2) is 6.34. The third-order valence-corrected chi connectivity index (χ3v) is 3.72. The zero-order valence-electron chi connectivity index (χ0n) is 11.4. The topological polar surface area (TPSA) is 47.3 Å². The minimum Gasteiger partial charge on any atom is -0.393 e. The molecule has 4 nitrogen and oxygen atoms in total. The van der Waals surface area contributed by atoms with Crippen molar-refractivity contribution in [1.82, 2.24) is 9.78 Å². The summed E-state index contributed by atoms with van der Waals surface area (Å²) in [4.78, 5) is 0. The monoisotopic (exact) mass is 252 g/mol. The van der Waals surface area contributed by atoms with Gasteiger partial charge in [0.1, 0.15) is 0 Å². The summed E-state index contributed by atoms with van der Waals surface area (Å²) in [5.41, 5.74) is 1.21. The highest BCUT2D eigenvalue weighted by Crippen LogP contribution is 2.34. The van der Waals surface area contributed by atoms with Crippen LogP contribution in [0.5, 0.6) is 0 Å². The Labute approximate surface area is 109 Å². The van der Waals surface area contributed by atoms with Crippen LogP contribution >= 0.6 is 0 Å². The lowest BCUT2D eigenvalue weighted by Gasteiger charge is -2.36. The Bertz CT molecular complexity index is 358. The van der Waals surface area contributed by atoms with E-state index in [1.54, 1.807) is 4.68 Å². The van der Waals surface area contributed by atoms with Gasteiger partial charge in [0.15, 0.2) is 0 Å². The Balaban J connectivity index is 1.60. The molecule has 1 unspecified atom stereocenters. The molecule has 18 heavy (non-hydrogen) atoms. The molecule has 1 N–H and O–H groups in total. The fourth-order valence-corrected chi connectivity index (χ4v) is 2.68. The lowest BCUT2D eigenvalue weighted by Crippen LogP contribution is -2.33. The largest absolute Gasteiger partial charge is 0.393 e. The predicted octanol–water partition coefficient (Wildman–Crippen LogP) is 1.92. The molecule has 1 aliphatic carbocycles. The quantitative estimate of drug-likeness (QED) is 0.806. The van der Waals surface area contributed by atoms with Crippen LogP contribution < -0.4 is 0 Å². The molecule has 0 amide bonds. The number of aliphatic hydroxyl groups excluding tert-OH is 1. The zero-order valence-corrected chi connectivity index (χ0v) is 11.4. The maximum Gasteiger partial charge on any atom is 0.0580 e. The molecule has 1 heterocycles. The molecule has 2 rings (SSSR count). The molecule has 1 saturated carbocycles. The molecule has 0 saturated heterocycles. The van der Waals surface area contributed by atoms with Crippen LogP contribution in [-0.4, -0.2) is 33.7 Å². The normalized spacial score (nSPS) is 24.8. The van der Waals surface area contributed by atoms with Gasteiger partial charge in [-0.15, -0.1) is 0 Å². The molecule has 1 aromatic heterocycles. The van der Waals surface area contributed by atoms with E-state index in [4.69, 9.17) is 4.74 Å². The van der Waals surface area contributed by atoms with E-state index in [0.717, 1.165) is 38.7 Å². The third-order valence-electron chi connectivity index (χ3n) is 3.72. The molecule has 0 aliphatic heterocycles. The third kappa shape index (κ3) is 3.82. The molecule has 0 radical (unpaired) electrons. The molecule has 4 heteroatoms. The maximum absolute atomic E-state index is 10.0. The Morgan fingerprint density at radius 1 is 1.56 bits per heavy atom. The first-order valence-electron chi connectivity index (χ1n) is 6.94. The molecule has 1 aliphatic rings. The molecule has 0 spiro atoms. The predicted molar refractivity (Wildman–Crippen MR) is 70.3 cm³/mol. The lowest BCUT2D eigenvalue weighted by molar-refractivity contribution is -0.0382. The van der Waals surface area contributed by atoms with Crippen LogP contribution in [0, 0.1) is 5.92 Å². The summed E-state index contributed by atoms with van der Waals surface area (Å²) in [7, 11) is 1.92. The Kier molecular flexibility index (Phi) is 4.78. The first kappa shape index (κ1) is 13.6. The summed E-state index contributed by atoms with van der Waals surface area (Å²) >= 11 is 0. The summed E-state index contributed by atoms with van der Waals surface area (Å²) in [5, 5.41) is 14.1. The van der Waals surface area contributed by atoms with Crippen molar-refractivity contribution in [3.8, 4) is 0 Å². The van der Waals surface area contributed by atoms with Crippen molar-refractivity contribution in [3.05, 3.63) is 18.0 Å². The molecule has 102 valence electrons. The van der Waals surface area contributed by atoms with Crippen LogP contribution in [0.2, 0.25) is 0 Å². The summed E-state index contributed by atoms with van der Waals surface area (Å²) in [5.74, 6) is 0.658. The van der Waals surface area contributed by atoms with Gasteiger partial charge in [0, 0.05) is 19.9 Å². The fraction of sp³-hybridized carbons (Fsp3) is 0.786. The van der Waals surface area contributed by atoms with Crippen LogP contribution in [0.15, 0.2) is 12.4 Å². The Hall–Kier alpha value is -0.870. The molecule has 1 atom stereocenters. The molecular weight excluding hydrogens is 228 g/mol. The first-order chi connectivity index (χ1) is 8.67. The van der Waals surface area contributed by atoms with Crippen molar-refractivity contribution in [1.29, 1.82) is 0 Å². The van der Waals surface area contributed by atoms with Gasteiger partial charge in [0.05, 0.1) is 18.4 Å². The standard InChI is InChI=1S/C14H24N2O2/c1-3-18-14-7-12(8-14)6-13(17)5-4-11-9-15-16(2)10-11/h9-10,12-14,17H,3-8H2,1-2H3. The summed E-state index contributed by atoms with van der Waals surface area (Å²) < 4.78 is 7.33. The minimum absolute atomic E-state index is 0.183. The summed E-state index contributed by atoms with van der Waals surface area (Å²) in [6.07, 6.45) is 9.07. The van der Waals surface area contributed by atoms with Crippen LogP contribution in [0.4, 0.5) is 0 Å². The zero-order chi connectivity index (χ0) is 13.0. The van der Waals surface area contributed by atoms with Crippen LogP contribution in [-0.2, 0) is 18.2 Å². The van der Waals surface area contributed by atoms with Crippen molar-refractivity contribution < 1.29 is 9.84 Å². The lowest BCUT2D eigenvalue weighted by atomic mass is 9.78. The number of nitrogens with zero attached hydrogens (tertiary/aromatic N) is 2. The van der Waals surface area contributed by atoms with Crippen molar-refractivity contribution in [3.63, 3.8) is 0 Å². The number of rotatable bonds is 7. The van der Waals surface area contributed by atoms with Gasteiger partial charge in [-0.3, -0.25) is 4.68 Å². The Morgan fingerprint density at radius 3 is 2.94 bits per heavy atom. The summed E-state index contributed by atoms with van der Waals surface area (Å²) in [6, 6.07) is 0. The highest BCUT2D eigenvalue weighted by Gasteiger charge is 2.30. The van der Waals surface area contributed by atoms with Crippen molar-refractivity contribution in [2.24, 2.45) is 13.0 Å². The number of aryl methyl sites for hydroxylation is 2. The van der Waals surface area contributed by atoms with Gasteiger partial charge in [0.2, 0.25) is 0 Å². The van der Waals surface area contributed by atoms with Gasteiger partial charge >= 0.3 is 0 Å². The fourth-order valence-electron chi connectivity index (χ4n) is 2.68. The molecule has 1 aromatic rings. The first-order valence-corrected chi connectivity index (χ1v) is 6.94. The molecule has 0 bridgehead atoms. The van der Waals surface area contributed by atoms with Gasteiger partial charge in [0.25, 0.3) is 0 Å². The van der Waals surface area contributed by atoms with E-state index in [9.17, 15) is 5.11 Å². The van der Waals surface area contributed by atoms with Crippen LogP contribution in [0.3, 0.4) is 0 Å². The van der Waals surface area contributed by atoms with E-state index >= 15 is 0 Å². The van der Waals surface area contributed by atoms with Crippen molar-refractivity contribution in [2.45, 2.75) is 51.2 Å². The van der Waals surface area contributed by atoms with E-state index in [0.29, 0.717) is 12.0 Å². The van der Waals surface area contributed by atoms with Crippen molar-refractivity contribution >= 4 is 0 Å². The van der Waals surface area contributed by atoms with E-state index in [1.807, 2.05) is 26.4 Å². The van der Waals surface area contributed by atoms with Gasteiger partial charge in [-0.2, -0.15) is 5.10 Å². The van der Waals surface area contributed by atoms with E-state index in [2.05, 4.69) is 5.10 Å². The Morgan fingerprint density at radius 2 is 2.33 bits per heavy atom. The van der Waals surface area contributed by atoms with Gasteiger partial charge in [-0.05, 0) is 50.5 Å². The second-order valence-corrected chi connectivity index (χ2v) is 5.37. The van der Waals surface area contributed by atoms with E-state index < -0.39 is 0 Å². The molecule has 0 aromatic carbocycles.